The van der Waals surface area contributed by atoms with Gasteiger partial charge in [-0.05, 0) is 57.2 Å². The van der Waals surface area contributed by atoms with Crippen molar-refractivity contribution in [2.24, 2.45) is 0 Å². The molecule has 1 N–H and O–H groups in total. The van der Waals surface area contributed by atoms with Crippen LogP contribution in [0.3, 0.4) is 0 Å². The zero-order valence-electron chi connectivity index (χ0n) is 17.2. The largest absolute Gasteiger partial charge is 0.487 e. The van der Waals surface area contributed by atoms with Crippen molar-refractivity contribution in [1.29, 1.82) is 0 Å². The predicted molar refractivity (Wildman–Crippen MR) is 117 cm³/mol. The number of nitrogens with zero attached hydrogens (tertiary/aromatic N) is 1. The molecule has 7 heteroatoms. The fourth-order valence-electron chi connectivity index (χ4n) is 2.60. The normalized spacial score (nSPS) is 10.7. The summed E-state index contributed by atoms with van der Waals surface area (Å²) in [5.41, 5.74) is 3.14. The Bertz CT molecular complexity index is 995. The number of esters is 1. The van der Waals surface area contributed by atoms with E-state index >= 15 is 0 Å². The van der Waals surface area contributed by atoms with Gasteiger partial charge >= 0.3 is 5.97 Å². The predicted octanol–water partition coefficient (Wildman–Crippen LogP) is 4.78. The second-order valence-corrected chi connectivity index (χ2v) is 8.03. The van der Waals surface area contributed by atoms with Crippen LogP contribution in [0.2, 0.25) is 0 Å². The number of carbonyl (C=O) groups excluding carboxylic acids is 2. The number of nitrogens with one attached hydrogen (secondary N) is 1. The highest BCUT2D eigenvalue weighted by molar-refractivity contribution is 7.09. The smallest absolute Gasteiger partial charge is 0.338 e. The summed E-state index contributed by atoms with van der Waals surface area (Å²) in [6, 6.07) is 14.4. The lowest BCUT2D eigenvalue weighted by Crippen LogP contribution is -2.14. The molecule has 0 saturated carbocycles. The van der Waals surface area contributed by atoms with Crippen LogP contribution in [0.25, 0.3) is 0 Å². The number of aromatic nitrogens is 1. The number of hydrogen-bond acceptors (Lipinski definition) is 6. The van der Waals surface area contributed by atoms with Crippen LogP contribution in [0, 0.1) is 6.92 Å². The van der Waals surface area contributed by atoms with Crippen molar-refractivity contribution in [1.82, 2.24) is 4.98 Å². The summed E-state index contributed by atoms with van der Waals surface area (Å²) >= 11 is 1.42. The van der Waals surface area contributed by atoms with Gasteiger partial charge < -0.3 is 14.8 Å². The first-order chi connectivity index (χ1) is 14.4. The molecule has 0 radical (unpaired) electrons. The van der Waals surface area contributed by atoms with Gasteiger partial charge in [-0.2, -0.15) is 0 Å². The first-order valence-corrected chi connectivity index (χ1v) is 10.5. The molecule has 30 heavy (non-hydrogen) atoms. The number of amides is 1. The van der Waals surface area contributed by atoms with Gasteiger partial charge in [-0.1, -0.05) is 17.7 Å². The second-order valence-electron chi connectivity index (χ2n) is 7.09. The monoisotopic (exact) mass is 424 g/mol. The summed E-state index contributed by atoms with van der Waals surface area (Å²) < 4.78 is 10.9. The number of benzene rings is 2. The van der Waals surface area contributed by atoms with Crippen LogP contribution in [0.15, 0.2) is 53.9 Å². The van der Waals surface area contributed by atoms with Crippen molar-refractivity contribution in [3.8, 4) is 5.75 Å². The van der Waals surface area contributed by atoms with Crippen LogP contribution < -0.4 is 10.1 Å². The van der Waals surface area contributed by atoms with Crippen molar-refractivity contribution >= 4 is 28.9 Å². The molecule has 0 atom stereocenters. The minimum Gasteiger partial charge on any atom is -0.487 e. The van der Waals surface area contributed by atoms with Gasteiger partial charge in [0, 0.05) is 11.1 Å². The summed E-state index contributed by atoms with van der Waals surface area (Å²) in [4.78, 5) is 28.5. The highest BCUT2D eigenvalue weighted by atomic mass is 32.1. The Hall–Kier alpha value is -3.19. The van der Waals surface area contributed by atoms with E-state index in [1.807, 2.05) is 50.4 Å². The highest BCUT2D eigenvalue weighted by Gasteiger charge is 2.11. The third-order valence-corrected chi connectivity index (χ3v) is 4.96. The molecule has 6 nitrogen and oxygen atoms in total. The van der Waals surface area contributed by atoms with Crippen molar-refractivity contribution in [3.63, 3.8) is 0 Å². The van der Waals surface area contributed by atoms with Crippen LogP contribution >= 0.6 is 11.3 Å². The molecule has 3 rings (SSSR count). The van der Waals surface area contributed by atoms with Gasteiger partial charge in [-0.3, -0.25) is 4.79 Å². The first-order valence-electron chi connectivity index (χ1n) is 9.62. The molecule has 0 aliphatic carbocycles. The molecule has 3 aromatic rings. The minimum absolute atomic E-state index is 0.107. The zero-order valence-corrected chi connectivity index (χ0v) is 18.0. The first kappa shape index (κ1) is 21.5. The summed E-state index contributed by atoms with van der Waals surface area (Å²) in [5.74, 6) is 0.164. The Balaban J connectivity index is 1.48. The average molecular weight is 425 g/mol. The molecule has 0 unspecified atom stereocenters. The number of hydrogen-bond donors (Lipinski definition) is 1. The topological polar surface area (TPSA) is 77.5 Å². The van der Waals surface area contributed by atoms with E-state index in [4.69, 9.17) is 9.47 Å². The third-order valence-electron chi connectivity index (χ3n) is 4.07. The van der Waals surface area contributed by atoms with Gasteiger partial charge in [0.2, 0.25) is 5.91 Å². The van der Waals surface area contributed by atoms with E-state index in [0.29, 0.717) is 11.3 Å². The van der Waals surface area contributed by atoms with Gasteiger partial charge in [-0.15, -0.1) is 11.3 Å². The Labute approximate surface area is 179 Å². The molecule has 0 fully saturated rings. The fraction of sp³-hybridized carbons (Fsp3) is 0.261. The minimum atomic E-state index is -0.357. The number of rotatable bonds is 8. The molecule has 0 saturated heterocycles. The maximum Gasteiger partial charge on any atom is 0.338 e. The second kappa shape index (κ2) is 10.0. The summed E-state index contributed by atoms with van der Waals surface area (Å²) in [6.07, 6.45) is 0.0526. The lowest BCUT2D eigenvalue weighted by Gasteiger charge is -2.08. The van der Waals surface area contributed by atoms with Gasteiger partial charge in [0.05, 0.1) is 23.8 Å². The van der Waals surface area contributed by atoms with Crippen LogP contribution in [0.4, 0.5) is 5.69 Å². The Kier molecular flexibility index (Phi) is 7.19. The molecule has 156 valence electrons. The average Bonchev–Trinajstić information content (AvgIpc) is 3.15. The zero-order chi connectivity index (χ0) is 21.5. The summed E-state index contributed by atoms with van der Waals surface area (Å²) in [5, 5.41) is 5.47. The maximum atomic E-state index is 12.2. The van der Waals surface area contributed by atoms with E-state index in [0.717, 1.165) is 22.0 Å². The lowest BCUT2D eigenvalue weighted by molar-refractivity contribution is -0.115. The third kappa shape index (κ3) is 6.42. The van der Waals surface area contributed by atoms with Crippen LogP contribution in [-0.2, 0) is 22.6 Å². The van der Waals surface area contributed by atoms with Gasteiger partial charge in [-0.25, -0.2) is 9.78 Å². The van der Waals surface area contributed by atoms with Gasteiger partial charge in [0.15, 0.2) is 0 Å². The molecule has 0 bridgehead atoms. The van der Waals surface area contributed by atoms with Gasteiger partial charge in [0.25, 0.3) is 0 Å². The van der Waals surface area contributed by atoms with E-state index in [-0.39, 0.29) is 31.0 Å². The summed E-state index contributed by atoms with van der Waals surface area (Å²) in [6.45, 7) is 5.90. The van der Waals surface area contributed by atoms with Crippen molar-refractivity contribution in [2.45, 2.75) is 39.9 Å². The molecular formula is C23H24N2O4S. The molecule has 0 spiro atoms. The maximum absolute atomic E-state index is 12.2. The van der Waals surface area contributed by atoms with Crippen molar-refractivity contribution in [3.05, 3.63) is 75.7 Å². The Morgan fingerprint density at radius 1 is 1.07 bits per heavy atom. The fourth-order valence-corrected chi connectivity index (χ4v) is 3.38. The quantitative estimate of drug-likeness (QED) is 0.527. The van der Waals surface area contributed by atoms with E-state index in [1.165, 1.54) is 11.3 Å². The molecule has 0 aliphatic heterocycles. The summed E-state index contributed by atoms with van der Waals surface area (Å²) in [7, 11) is 0. The number of anilines is 1. The molecule has 1 heterocycles. The van der Waals surface area contributed by atoms with Crippen molar-refractivity contribution in [2.75, 3.05) is 5.32 Å². The highest BCUT2D eigenvalue weighted by Crippen LogP contribution is 2.17. The number of ether oxygens (including phenoxy) is 2. The van der Waals surface area contributed by atoms with E-state index in [9.17, 15) is 9.59 Å². The van der Waals surface area contributed by atoms with E-state index in [2.05, 4.69) is 10.3 Å². The van der Waals surface area contributed by atoms with Crippen LogP contribution in [0.1, 0.15) is 40.5 Å². The van der Waals surface area contributed by atoms with E-state index in [1.54, 1.807) is 24.3 Å². The Morgan fingerprint density at radius 2 is 1.77 bits per heavy atom. The molecular weight excluding hydrogens is 400 g/mol. The van der Waals surface area contributed by atoms with Crippen LogP contribution in [0.5, 0.6) is 5.75 Å². The molecule has 1 aromatic heterocycles. The molecule has 2 aromatic carbocycles. The van der Waals surface area contributed by atoms with Crippen LogP contribution in [-0.4, -0.2) is 23.0 Å². The Morgan fingerprint density at radius 3 is 2.43 bits per heavy atom. The lowest BCUT2D eigenvalue weighted by atomic mass is 10.2. The molecule has 1 amide bonds. The van der Waals surface area contributed by atoms with E-state index < -0.39 is 0 Å². The SMILES string of the molecule is Cc1ccc(NC(=O)Cc2nc(COc3ccc(C(=O)OC(C)C)cc3)cs2)cc1. The number of aryl methyl sites for hydroxylation is 1. The van der Waals surface area contributed by atoms with Crippen molar-refractivity contribution < 1.29 is 19.1 Å². The molecule has 0 aliphatic rings. The number of thiazole rings is 1. The standard InChI is InChI=1S/C23H24N2O4S/c1-15(2)29-23(27)17-6-10-20(11-7-17)28-13-19-14-30-22(25-19)12-21(26)24-18-8-4-16(3)5-9-18/h4-11,14-15H,12-13H2,1-3H3,(H,24,26). The number of carbonyl (C=O) groups is 2. The van der Waals surface area contributed by atoms with Gasteiger partial charge in [0.1, 0.15) is 17.4 Å².